The first-order chi connectivity index (χ1) is 15.1. The second kappa shape index (κ2) is 8.29. The maximum absolute atomic E-state index is 14.4. The highest BCUT2D eigenvalue weighted by molar-refractivity contribution is 6.03. The van der Waals surface area contributed by atoms with E-state index >= 15 is 0 Å². The molecule has 6 nitrogen and oxygen atoms in total. The average molecular weight is 424 g/mol. The van der Waals surface area contributed by atoms with E-state index in [0.29, 0.717) is 60.9 Å². The number of anilines is 1. The van der Waals surface area contributed by atoms with E-state index in [1.54, 1.807) is 29.3 Å². The average Bonchev–Trinajstić information content (AvgIpc) is 3.41. The van der Waals surface area contributed by atoms with E-state index in [0.717, 1.165) is 12.3 Å². The molecule has 1 unspecified atom stereocenters. The Balaban J connectivity index is 1.17. The molecule has 1 amide bonds. The van der Waals surface area contributed by atoms with Gasteiger partial charge in [-0.05, 0) is 48.9 Å². The van der Waals surface area contributed by atoms with Gasteiger partial charge in [0.1, 0.15) is 11.6 Å². The molecule has 0 bridgehead atoms. The number of fused-ring (bicyclic) bond motifs is 1. The third-order valence-corrected chi connectivity index (χ3v) is 6.34. The van der Waals surface area contributed by atoms with E-state index in [9.17, 15) is 14.0 Å². The third kappa shape index (κ3) is 4.27. The van der Waals surface area contributed by atoms with E-state index in [-0.39, 0.29) is 24.2 Å². The Morgan fingerprint density at radius 2 is 1.97 bits per heavy atom. The van der Waals surface area contributed by atoms with Gasteiger partial charge in [-0.25, -0.2) is 9.37 Å². The van der Waals surface area contributed by atoms with E-state index in [2.05, 4.69) is 4.98 Å². The van der Waals surface area contributed by atoms with Gasteiger partial charge < -0.3 is 14.4 Å². The number of carbonyl (C=O) groups excluding carboxylic acids is 2. The highest BCUT2D eigenvalue weighted by atomic mass is 19.1. The van der Waals surface area contributed by atoms with Crippen LogP contribution in [0.2, 0.25) is 0 Å². The van der Waals surface area contributed by atoms with Crippen LogP contribution in [-0.4, -0.2) is 36.4 Å². The molecule has 3 aliphatic rings. The number of Topliss-reactive ketones (excluding diaryl/α,β-unsaturated/α-hetero) is 1. The summed E-state index contributed by atoms with van der Waals surface area (Å²) < 4.78 is 25.8. The second-order valence-corrected chi connectivity index (χ2v) is 8.58. The molecule has 0 radical (unpaired) electrons. The minimum absolute atomic E-state index is 0.0604. The zero-order valence-electron chi connectivity index (χ0n) is 17.3. The summed E-state index contributed by atoms with van der Waals surface area (Å²) >= 11 is 0. The first kappa shape index (κ1) is 20.0. The van der Waals surface area contributed by atoms with Crippen LogP contribution < -0.4 is 14.4 Å². The van der Waals surface area contributed by atoms with Crippen LogP contribution in [0.5, 0.6) is 11.6 Å². The summed E-state index contributed by atoms with van der Waals surface area (Å²) in [6.45, 7) is 1.38. The van der Waals surface area contributed by atoms with Crippen LogP contribution in [0.3, 0.4) is 0 Å². The topological polar surface area (TPSA) is 68.7 Å². The summed E-state index contributed by atoms with van der Waals surface area (Å²) in [5.74, 6) is 1.07. The Bertz CT molecular complexity index is 1000. The molecule has 31 heavy (non-hydrogen) atoms. The number of carbonyl (C=O) groups is 2. The van der Waals surface area contributed by atoms with Gasteiger partial charge in [-0.1, -0.05) is 12.8 Å². The Morgan fingerprint density at radius 3 is 2.74 bits per heavy atom. The molecule has 1 aliphatic heterocycles. The van der Waals surface area contributed by atoms with Gasteiger partial charge >= 0.3 is 0 Å². The van der Waals surface area contributed by atoms with Crippen molar-refractivity contribution in [1.29, 1.82) is 0 Å². The fraction of sp³-hybridized carbons (Fsp3) is 0.458. The monoisotopic (exact) mass is 424 g/mol. The number of amides is 1. The van der Waals surface area contributed by atoms with Crippen LogP contribution in [0.15, 0.2) is 30.5 Å². The van der Waals surface area contributed by atoms with Crippen LogP contribution in [0.25, 0.3) is 0 Å². The molecule has 1 aromatic heterocycles. The number of nitrogens with zero attached hydrogens (tertiary/aromatic N) is 2. The molecule has 1 atom stereocenters. The number of rotatable bonds is 8. The Kier molecular flexibility index (Phi) is 5.34. The number of ketones is 1. The van der Waals surface area contributed by atoms with Crippen molar-refractivity contribution in [3.8, 4) is 11.6 Å². The molecule has 0 spiro atoms. The molecule has 1 aromatic carbocycles. The molecular formula is C24H25FN2O4. The number of benzene rings is 1. The predicted octanol–water partition coefficient (Wildman–Crippen LogP) is 3.96. The Morgan fingerprint density at radius 1 is 1.10 bits per heavy atom. The number of ether oxygens (including phenoxy) is 2. The molecular weight excluding hydrogens is 399 g/mol. The summed E-state index contributed by atoms with van der Waals surface area (Å²) in [4.78, 5) is 30.7. The lowest BCUT2D eigenvalue weighted by Gasteiger charge is -2.18. The summed E-state index contributed by atoms with van der Waals surface area (Å²) in [6, 6.07) is 6.58. The van der Waals surface area contributed by atoms with E-state index in [4.69, 9.17) is 9.47 Å². The van der Waals surface area contributed by atoms with E-state index in [1.165, 1.54) is 18.9 Å². The normalized spacial score (nSPS) is 20.3. The van der Waals surface area contributed by atoms with Crippen molar-refractivity contribution >= 4 is 17.4 Å². The summed E-state index contributed by atoms with van der Waals surface area (Å²) in [5, 5.41) is 0. The maximum Gasteiger partial charge on any atom is 0.233 e. The predicted molar refractivity (Wildman–Crippen MR) is 112 cm³/mol. The summed E-state index contributed by atoms with van der Waals surface area (Å²) in [7, 11) is 0. The van der Waals surface area contributed by atoms with Gasteiger partial charge in [-0.15, -0.1) is 0 Å². The lowest BCUT2D eigenvalue weighted by Crippen LogP contribution is -2.29. The number of halogens is 1. The molecule has 0 N–H and O–H groups in total. The van der Waals surface area contributed by atoms with Crippen molar-refractivity contribution in [3.63, 3.8) is 0 Å². The Labute approximate surface area is 180 Å². The van der Waals surface area contributed by atoms with Gasteiger partial charge in [-0.3, -0.25) is 9.59 Å². The van der Waals surface area contributed by atoms with Crippen molar-refractivity contribution in [3.05, 3.63) is 47.4 Å². The van der Waals surface area contributed by atoms with Crippen LogP contribution in [-0.2, 0) is 11.2 Å². The zero-order valence-corrected chi connectivity index (χ0v) is 17.3. The number of hydrogen-bond acceptors (Lipinski definition) is 5. The van der Waals surface area contributed by atoms with Crippen LogP contribution in [0.4, 0.5) is 10.1 Å². The standard InChI is InChI=1S/C24H25FN2O4/c25-21-12-17(11-20-19(21)4-5-22(20)28)27-9-7-16(24(27)29)14-31-18-3-6-23(26-13-18)30-10-8-15-1-2-15/h3,6,11-13,15-16H,1-2,4-5,7-10,14H2. The number of aromatic nitrogens is 1. The second-order valence-electron chi connectivity index (χ2n) is 8.58. The third-order valence-electron chi connectivity index (χ3n) is 6.34. The minimum Gasteiger partial charge on any atom is -0.491 e. The van der Waals surface area contributed by atoms with E-state index in [1.807, 2.05) is 0 Å². The van der Waals surface area contributed by atoms with Gasteiger partial charge in [0.2, 0.25) is 11.8 Å². The molecule has 2 heterocycles. The van der Waals surface area contributed by atoms with E-state index < -0.39 is 5.82 Å². The SMILES string of the molecule is O=C1CCc2c(F)cc(N3CCC(COc4ccc(OCCC5CC5)nc4)C3=O)cc21. The first-order valence-electron chi connectivity index (χ1n) is 11.0. The molecule has 162 valence electrons. The quantitative estimate of drug-likeness (QED) is 0.642. The highest BCUT2D eigenvalue weighted by Crippen LogP contribution is 2.33. The minimum atomic E-state index is -0.406. The Hall–Kier alpha value is -2.96. The molecule has 2 fully saturated rings. The molecule has 1 saturated heterocycles. The zero-order chi connectivity index (χ0) is 21.4. The fourth-order valence-electron chi connectivity index (χ4n) is 4.28. The van der Waals surface area contributed by atoms with Crippen molar-refractivity contribution in [2.45, 2.75) is 38.5 Å². The molecule has 1 saturated carbocycles. The van der Waals surface area contributed by atoms with Crippen LogP contribution in [0, 0.1) is 17.7 Å². The van der Waals surface area contributed by atoms with Gasteiger partial charge in [0, 0.05) is 30.3 Å². The van der Waals surface area contributed by atoms with Gasteiger partial charge in [-0.2, -0.15) is 0 Å². The van der Waals surface area contributed by atoms with Crippen molar-refractivity contribution in [2.75, 3.05) is 24.7 Å². The first-order valence-corrected chi connectivity index (χ1v) is 11.0. The number of hydrogen-bond donors (Lipinski definition) is 0. The molecule has 7 heteroatoms. The summed E-state index contributed by atoms with van der Waals surface area (Å²) in [6.07, 6.45) is 6.66. The molecule has 2 aliphatic carbocycles. The lowest BCUT2D eigenvalue weighted by atomic mass is 10.1. The van der Waals surface area contributed by atoms with Crippen LogP contribution >= 0.6 is 0 Å². The molecule has 5 rings (SSSR count). The van der Waals surface area contributed by atoms with Crippen LogP contribution in [0.1, 0.15) is 48.0 Å². The van der Waals surface area contributed by atoms with Gasteiger partial charge in [0.15, 0.2) is 5.78 Å². The van der Waals surface area contributed by atoms with Gasteiger partial charge in [0.05, 0.1) is 25.3 Å². The smallest absolute Gasteiger partial charge is 0.233 e. The number of pyridine rings is 1. The fourth-order valence-corrected chi connectivity index (χ4v) is 4.28. The largest absolute Gasteiger partial charge is 0.491 e. The molecule has 2 aromatic rings. The van der Waals surface area contributed by atoms with Crippen molar-refractivity contribution in [2.24, 2.45) is 11.8 Å². The summed E-state index contributed by atoms with van der Waals surface area (Å²) in [5.41, 5.74) is 1.33. The van der Waals surface area contributed by atoms with Crippen molar-refractivity contribution in [1.82, 2.24) is 4.98 Å². The highest BCUT2D eigenvalue weighted by Gasteiger charge is 2.35. The van der Waals surface area contributed by atoms with Crippen molar-refractivity contribution < 1.29 is 23.5 Å². The maximum atomic E-state index is 14.4. The lowest BCUT2D eigenvalue weighted by molar-refractivity contribution is -0.121. The van der Waals surface area contributed by atoms with Gasteiger partial charge in [0.25, 0.3) is 0 Å².